The zero-order valence-corrected chi connectivity index (χ0v) is 45.4. The quantitative estimate of drug-likeness (QED) is 0.107. The number of anilines is 12. The van der Waals surface area contributed by atoms with E-state index in [1.807, 2.05) is 0 Å². The molecule has 0 fully saturated rings. The van der Waals surface area contributed by atoms with Gasteiger partial charge in [-0.25, -0.2) is 0 Å². The molecule has 89 heavy (non-hydrogen) atoms. The first kappa shape index (κ1) is 23.6. The Kier molecular flexibility index (Phi) is 6.08. The van der Waals surface area contributed by atoms with Crippen LogP contribution in [-0.4, -0.2) is 6.71 Å². The zero-order chi connectivity index (χ0) is 99.1. The maximum Gasteiger partial charge on any atom is 0.252 e. The normalized spacial score (nSPS) is 19.2. The summed E-state index contributed by atoms with van der Waals surface area (Å²) in [7, 11) is 0. The summed E-state index contributed by atoms with van der Waals surface area (Å²) in [4.78, 5) is 3.31. The Morgan fingerprint density at radius 1 is 0.247 bits per heavy atom. The smallest absolute Gasteiger partial charge is 0.252 e. The highest BCUT2D eigenvalue weighted by atomic mass is 15.2. The highest BCUT2D eigenvalue weighted by Gasteiger charge is 2.46. The summed E-state index contributed by atoms with van der Waals surface area (Å²) in [6, 6.07) is -36.1. The fourth-order valence-electron chi connectivity index (χ4n) is 11.2. The van der Waals surface area contributed by atoms with Gasteiger partial charge in [-0.1, -0.05) is 272 Å². The van der Waals surface area contributed by atoms with Crippen LogP contribution in [0.1, 0.15) is 63.1 Å². The summed E-state index contributed by atoms with van der Waals surface area (Å²) in [5.74, 6) is 0. The fraction of sp³-hybridized carbons (Fsp3) is 0. The molecule has 0 aromatic heterocycles. The van der Waals surface area contributed by atoms with Gasteiger partial charge in [0.05, 0.1) is 74.4 Å². The molecule has 0 radical (unpaired) electrons. The maximum atomic E-state index is 10.4. The Balaban J connectivity index is 1.25. The van der Waals surface area contributed by atoms with E-state index in [-0.39, 0.29) is 27.5 Å². The molecule has 14 aromatic rings. The molecule has 0 atom stereocenters. The van der Waals surface area contributed by atoms with Crippen molar-refractivity contribution in [1.82, 2.24) is 0 Å². The number of hydrogen-bond acceptors (Lipinski definition) is 4. The summed E-state index contributed by atoms with van der Waals surface area (Å²) in [5.41, 5.74) is -19.1. The lowest BCUT2D eigenvalue weighted by atomic mass is 9.33. The zero-order valence-electron chi connectivity index (χ0n) is 91.4. The SMILES string of the molecule is [2H]c1c([2H])c([2H])c(-c2c([2H])c([2H])c([2H])c(-c3c([2H])c([2H])c([2H])c([2H])c3[2H])c2N2c3cc(N(c4c([2H])c([2H])c([2H])c([2H])c4[2H])c4c([2H])c([2H])c([2H])c([2H])c4[2H])ccc3B3c4ccc(N(c5c([2H])c([2H])c([2H])c([2H])c5[2H])c5c([2H])c([2H])c([2H])c([2H])c5[2H])cc4N(c4c(-c5c([2H])c([2H])c([2H])c([2H])c5[2H])c([2H])c([2H])c([2H])c4-c4c([2H])c([2H])c([2H])c([2H])c4[2H])c4cc(-c5ccccc5)cc2c43)c([2H])c1[2H]. The number of nitrogens with zero attached hydrogens (tertiary/aromatic N) is 4. The van der Waals surface area contributed by atoms with Crippen molar-refractivity contribution in [3.63, 3.8) is 0 Å². The van der Waals surface area contributed by atoms with Crippen LogP contribution in [0.15, 0.2) is 357 Å². The van der Waals surface area contributed by atoms with E-state index in [0.29, 0.717) is 9.80 Å². The van der Waals surface area contributed by atoms with Crippen LogP contribution in [0, 0.1) is 0 Å². The molecule has 0 amide bonds. The van der Waals surface area contributed by atoms with Crippen molar-refractivity contribution in [2.45, 2.75) is 0 Å². The Bertz CT molecular complexity index is 6750. The van der Waals surface area contributed by atoms with Crippen molar-refractivity contribution < 1.29 is 63.1 Å². The summed E-state index contributed by atoms with van der Waals surface area (Å²) >= 11 is 0. The topological polar surface area (TPSA) is 13.0 Å². The lowest BCUT2D eigenvalue weighted by molar-refractivity contribution is 1.23. The van der Waals surface area contributed by atoms with Crippen LogP contribution in [0.4, 0.5) is 68.2 Å². The standard InChI is InChI=1S/C84H59BN4/c1-10-30-60(31-11-1)65-56-80-82-81(57-65)89(84-74(63-36-16-4-17-37-63)50-29-51-75(84)64-38-18-5-19-39-64)79-59-71(87(68-44-24-8-25-45-68)69-46-26-9-27-47-69)53-55-77(79)85(82)76-54-52-70(86(66-40-20-6-21-41-66)67-42-22-7-23-43-67)58-78(76)88(80)83-72(61-32-12-2-13-33-61)48-28-49-73(83)62-34-14-3-15-35-62/h1-59H/i2D,3D,4D,5D,6D,7D,8D,9D,12D,13D,14D,15D,16D,17D,18D,19D,20D,21D,22D,23D,24D,25D,26D,27D,28D,29D,32D,33D,34D,35D,36D,37D,38D,39D,40D,41D,42D,43D,44D,45D,46D,47D,48D,49D,50D,51D. The first-order chi connectivity index (χ1) is 63.3. The van der Waals surface area contributed by atoms with Crippen LogP contribution in [0.25, 0.3) is 55.6 Å². The molecule has 0 saturated carbocycles. The van der Waals surface area contributed by atoms with Crippen molar-refractivity contribution in [3.05, 3.63) is 357 Å². The van der Waals surface area contributed by atoms with E-state index >= 15 is 0 Å². The van der Waals surface area contributed by atoms with E-state index in [1.165, 1.54) is 54.6 Å². The Morgan fingerprint density at radius 3 is 0.865 bits per heavy atom. The average Bonchev–Trinajstić information content (AvgIpc) is 0.676. The second-order valence-corrected chi connectivity index (χ2v) is 19.4. The molecule has 2 aliphatic heterocycles. The van der Waals surface area contributed by atoms with Crippen LogP contribution in [0.5, 0.6) is 0 Å². The predicted molar refractivity (Wildman–Crippen MR) is 377 cm³/mol. The fourth-order valence-corrected chi connectivity index (χ4v) is 11.2. The van der Waals surface area contributed by atoms with E-state index in [4.69, 9.17) is 21.9 Å². The molecule has 0 bridgehead atoms. The molecule has 0 spiro atoms. The molecule has 14 aromatic carbocycles. The van der Waals surface area contributed by atoms with E-state index in [0.717, 1.165) is 34.1 Å². The summed E-state index contributed by atoms with van der Waals surface area (Å²) in [6.45, 7) is -1.89. The van der Waals surface area contributed by atoms with Crippen molar-refractivity contribution >= 4 is 91.3 Å². The van der Waals surface area contributed by atoms with Gasteiger partial charge in [0.1, 0.15) is 0 Å². The molecule has 4 nitrogen and oxygen atoms in total. The van der Waals surface area contributed by atoms with Crippen molar-refractivity contribution in [2.75, 3.05) is 19.6 Å². The number of benzene rings is 14. The van der Waals surface area contributed by atoms with E-state index in [9.17, 15) is 41.1 Å². The van der Waals surface area contributed by atoms with E-state index < -0.39 is 397 Å². The largest absolute Gasteiger partial charge is 0.310 e. The minimum absolute atomic E-state index is 0.0512. The first-order valence-corrected chi connectivity index (χ1v) is 26.8. The van der Waals surface area contributed by atoms with Gasteiger partial charge in [0, 0.05) is 79.1 Å². The first-order valence-electron chi connectivity index (χ1n) is 49.8. The van der Waals surface area contributed by atoms with Gasteiger partial charge in [-0.3, -0.25) is 0 Å². The number of para-hydroxylation sites is 6. The molecule has 0 N–H and O–H groups in total. The Labute approximate surface area is 586 Å². The molecule has 0 saturated heterocycles. The Hall–Kier alpha value is -11.7. The molecule has 2 aliphatic rings. The average molecular weight is 1180 g/mol. The molecular formula is C84H59BN4. The minimum Gasteiger partial charge on any atom is -0.310 e. The summed E-state index contributed by atoms with van der Waals surface area (Å²) < 4.78 is 437. The van der Waals surface area contributed by atoms with Crippen LogP contribution < -0.4 is 36.0 Å². The lowest BCUT2D eigenvalue weighted by Gasteiger charge is -2.46. The number of hydrogen-bond donors (Lipinski definition) is 0. The summed E-state index contributed by atoms with van der Waals surface area (Å²) in [5, 5.41) is 0. The molecule has 418 valence electrons. The van der Waals surface area contributed by atoms with Crippen molar-refractivity contribution in [2.24, 2.45) is 0 Å². The molecule has 16 rings (SSSR count). The maximum absolute atomic E-state index is 10.4. The van der Waals surface area contributed by atoms with Gasteiger partial charge < -0.3 is 19.6 Å². The number of fused-ring (bicyclic) bond motifs is 4. The van der Waals surface area contributed by atoms with Crippen molar-refractivity contribution in [3.8, 4) is 55.6 Å². The van der Waals surface area contributed by atoms with Crippen LogP contribution in [-0.2, 0) is 0 Å². The van der Waals surface area contributed by atoms with Gasteiger partial charge in [-0.2, -0.15) is 0 Å². The van der Waals surface area contributed by atoms with Crippen molar-refractivity contribution in [1.29, 1.82) is 0 Å². The number of rotatable bonds is 13. The second-order valence-electron chi connectivity index (χ2n) is 19.4. The second kappa shape index (κ2) is 23.0. The third-order valence-electron chi connectivity index (χ3n) is 14.6. The van der Waals surface area contributed by atoms with Gasteiger partial charge in [0.2, 0.25) is 0 Å². The molecular weight excluding hydrogens is 1080 g/mol. The predicted octanol–water partition coefficient (Wildman–Crippen LogP) is 21.0. The lowest BCUT2D eigenvalue weighted by Crippen LogP contribution is -2.61. The van der Waals surface area contributed by atoms with Gasteiger partial charge in [-0.15, -0.1) is 0 Å². The van der Waals surface area contributed by atoms with E-state index in [1.54, 1.807) is 0 Å². The van der Waals surface area contributed by atoms with Crippen LogP contribution in [0.2, 0.25) is 0 Å². The monoisotopic (exact) mass is 1180 g/mol. The molecule has 2 heterocycles. The Morgan fingerprint density at radius 2 is 0.551 bits per heavy atom. The van der Waals surface area contributed by atoms with Crippen LogP contribution >= 0.6 is 0 Å². The highest BCUT2D eigenvalue weighted by molar-refractivity contribution is 7.00. The van der Waals surface area contributed by atoms with Gasteiger partial charge in [0.25, 0.3) is 6.71 Å². The van der Waals surface area contributed by atoms with Gasteiger partial charge >= 0.3 is 0 Å². The molecule has 5 heteroatoms. The molecule has 0 unspecified atom stereocenters. The van der Waals surface area contributed by atoms with E-state index in [2.05, 4.69) is 0 Å². The van der Waals surface area contributed by atoms with Gasteiger partial charge in [0.15, 0.2) is 0 Å². The third kappa shape index (κ3) is 9.54. The van der Waals surface area contributed by atoms with Crippen LogP contribution in [0.3, 0.4) is 0 Å². The molecule has 0 aliphatic carbocycles. The van der Waals surface area contributed by atoms with Gasteiger partial charge in [-0.05, 0) is 135 Å². The summed E-state index contributed by atoms with van der Waals surface area (Å²) in [6.07, 6.45) is 0. The third-order valence-corrected chi connectivity index (χ3v) is 14.6. The minimum atomic E-state index is -1.89. The highest BCUT2D eigenvalue weighted by Crippen LogP contribution is 2.55.